The summed E-state index contributed by atoms with van der Waals surface area (Å²) in [4.78, 5) is 27.1. The quantitative estimate of drug-likeness (QED) is 0.700. The van der Waals surface area contributed by atoms with E-state index >= 15 is 0 Å². The summed E-state index contributed by atoms with van der Waals surface area (Å²) in [6, 6.07) is 3.06. The van der Waals surface area contributed by atoms with Gasteiger partial charge < -0.3 is 9.72 Å². The molecule has 0 bridgehead atoms. The molecule has 2 heterocycles. The zero-order valence-corrected chi connectivity index (χ0v) is 11.4. The van der Waals surface area contributed by atoms with E-state index < -0.39 is 29.2 Å². The number of rotatable bonds is 3. The molecule has 1 atom stereocenters. The lowest BCUT2D eigenvalue weighted by atomic mass is 9.95. The number of fused-ring (bicyclic) bond motifs is 1. The van der Waals surface area contributed by atoms with Gasteiger partial charge in [0.15, 0.2) is 0 Å². The molecule has 1 aromatic carbocycles. The monoisotopic (exact) mass is 311 g/mol. The smallest absolute Gasteiger partial charge is 0.381 e. The Morgan fingerprint density at radius 2 is 2.05 bits per heavy atom. The van der Waals surface area contributed by atoms with E-state index in [1.54, 1.807) is 0 Å². The normalized spacial score (nSPS) is 18.8. The van der Waals surface area contributed by atoms with Gasteiger partial charge in [-0.05, 0) is 24.6 Å². The molecule has 7 heteroatoms. The summed E-state index contributed by atoms with van der Waals surface area (Å²) in [6.45, 7) is 0.594. The van der Waals surface area contributed by atoms with Crippen LogP contribution in [-0.4, -0.2) is 29.8 Å². The molecule has 0 saturated carbocycles. The molecule has 1 aliphatic rings. The first-order valence-corrected chi connectivity index (χ1v) is 6.72. The molecule has 1 N–H and O–H groups in total. The maximum absolute atomic E-state index is 12.8. The maximum Gasteiger partial charge on any atom is 0.416 e. The van der Waals surface area contributed by atoms with E-state index in [9.17, 15) is 22.8 Å². The number of aromatic amines is 1. The number of carbonyl (C=O) groups excluding carboxylic acids is 2. The Balaban J connectivity index is 1.99. The number of ether oxygens (including phenoxy) is 1. The minimum Gasteiger partial charge on any atom is -0.381 e. The Labute approximate surface area is 123 Å². The third kappa shape index (κ3) is 2.52. The Morgan fingerprint density at radius 3 is 2.68 bits per heavy atom. The fraction of sp³-hybridized carbons (Fsp3) is 0.333. The summed E-state index contributed by atoms with van der Waals surface area (Å²) < 4.78 is 43.4. The molecule has 1 aromatic heterocycles. The summed E-state index contributed by atoms with van der Waals surface area (Å²) in [5, 5.41) is 0.104. The van der Waals surface area contributed by atoms with E-state index in [0.717, 1.165) is 12.1 Å². The van der Waals surface area contributed by atoms with Gasteiger partial charge in [0, 0.05) is 23.7 Å². The largest absolute Gasteiger partial charge is 0.416 e. The van der Waals surface area contributed by atoms with E-state index in [1.807, 2.05) is 0 Å². The van der Waals surface area contributed by atoms with E-state index in [4.69, 9.17) is 4.74 Å². The number of hydrogen-bond donors (Lipinski definition) is 1. The predicted octanol–water partition coefficient (Wildman–Crippen LogP) is 2.98. The molecule has 1 saturated heterocycles. The topological polar surface area (TPSA) is 59.2 Å². The molecule has 2 aromatic rings. The molecule has 0 aliphatic carbocycles. The van der Waals surface area contributed by atoms with Gasteiger partial charge in [0.25, 0.3) is 0 Å². The molecular formula is C15H12F3NO3. The predicted molar refractivity (Wildman–Crippen MR) is 71.6 cm³/mol. The van der Waals surface area contributed by atoms with E-state index in [1.165, 1.54) is 12.3 Å². The van der Waals surface area contributed by atoms with Crippen molar-refractivity contribution in [1.29, 1.82) is 0 Å². The second-order valence-corrected chi connectivity index (χ2v) is 5.21. The third-order valence-corrected chi connectivity index (χ3v) is 3.78. The minimum absolute atomic E-state index is 0.0296. The first-order valence-electron chi connectivity index (χ1n) is 6.72. The van der Waals surface area contributed by atoms with Gasteiger partial charge in [0.05, 0.1) is 23.7 Å². The van der Waals surface area contributed by atoms with Crippen LogP contribution in [0.5, 0.6) is 0 Å². The molecule has 0 amide bonds. The number of Topliss-reactive ketones (excluding diaryl/α,β-unsaturated/α-hetero) is 2. The van der Waals surface area contributed by atoms with Gasteiger partial charge in [-0.2, -0.15) is 13.2 Å². The van der Waals surface area contributed by atoms with Gasteiger partial charge in [-0.15, -0.1) is 0 Å². The third-order valence-electron chi connectivity index (χ3n) is 3.78. The molecule has 22 heavy (non-hydrogen) atoms. The number of carbonyl (C=O) groups is 2. The zero-order valence-electron chi connectivity index (χ0n) is 11.4. The van der Waals surface area contributed by atoms with Crippen LogP contribution in [0.25, 0.3) is 10.9 Å². The lowest BCUT2D eigenvalue weighted by Crippen LogP contribution is -2.24. The van der Waals surface area contributed by atoms with Crippen molar-refractivity contribution in [3.05, 3.63) is 35.5 Å². The molecule has 3 rings (SSSR count). The van der Waals surface area contributed by atoms with Gasteiger partial charge >= 0.3 is 6.18 Å². The molecule has 1 unspecified atom stereocenters. The molecule has 4 nitrogen and oxygen atoms in total. The highest BCUT2D eigenvalue weighted by molar-refractivity contribution is 6.46. The van der Waals surface area contributed by atoms with Crippen molar-refractivity contribution in [3.63, 3.8) is 0 Å². The second-order valence-electron chi connectivity index (χ2n) is 5.21. The summed E-state index contributed by atoms with van der Waals surface area (Å²) in [7, 11) is 0. The lowest BCUT2D eigenvalue weighted by molar-refractivity contribution is -0.137. The molecule has 1 aliphatic heterocycles. The average Bonchev–Trinajstić information content (AvgIpc) is 3.13. The van der Waals surface area contributed by atoms with Crippen molar-refractivity contribution in [2.24, 2.45) is 5.92 Å². The van der Waals surface area contributed by atoms with Crippen LogP contribution in [0, 0.1) is 5.92 Å². The van der Waals surface area contributed by atoms with E-state index in [0.29, 0.717) is 18.5 Å². The molecular weight excluding hydrogens is 299 g/mol. The molecule has 1 fully saturated rings. The first-order chi connectivity index (χ1) is 10.4. The standard InChI is InChI=1S/C15H12F3NO3/c16-15(17,18)9-1-2-12-10(5-9)11(6-19-12)14(21)13(20)8-3-4-22-7-8/h1-2,5-6,8,19H,3-4,7H2. The lowest BCUT2D eigenvalue weighted by Gasteiger charge is -2.07. The van der Waals surface area contributed by atoms with Crippen LogP contribution in [0.4, 0.5) is 13.2 Å². The van der Waals surface area contributed by atoms with Crippen LogP contribution in [0.15, 0.2) is 24.4 Å². The van der Waals surface area contributed by atoms with Crippen LogP contribution >= 0.6 is 0 Å². The SMILES string of the molecule is O=C(C(=O)C1CCOC1)c1c[nH]c2ccc(C(F)(F)F)cc12. The Kier molecular flexibility index (Phi) is 3.52. The fourth-order valence-electron chi connectivity index (χ4n) is 2.54. The number of H-pyrrole nitrogens is 1. The zero-order chi connectivity index (χ0) is 15.9. The molecule has 116 valence electrons. The van der Waals surface area contributed by atoms with Crippen LogP contribution in [0.1, 0.15) is 22.3 Å². The van der Waals surface area contributed by atoms with Gasteiger partial charge in [-0.1, -0.05) is 0 Å². The van der Waals surface area contributed by atoms with Crippen molar-refractivity contribution in [2.45, 2.75) is 12.6 Å². The average molecular weight is 311 g/mol. The number of hydrogen-bond acceptors (Lipinski definition) is 3. The van der Waals surface area contributed by atoms with Crippen molar-refractivity contribution in [1.82, 2.24) is 4.98 Å². The van der Waals surface area contributed by atoms with Crippen LogP contribution < -0.4 is 0 Å². The highest BCUT2D eigenvalue weighted by Gasteiger charge is 2.33. The van der Waals surface area contributed by atoms with Gasteiger partial charge in [0.2, 0.25) is 11.6 Å². The van der Waals surface area contributed by atoms with Crippen molar-refractivity contribution in [3.8, 4) is 0 Å². The summed E-state index contributed by atoms with van der Waals surface area (Å²) >= 11 is 0. The van der Waals surface area contributed by atoms with Gasteiger partial charge in [-0.25, -0.2) is 0 Å². The molecule has 0 radical (unpaired) electrons. The second kappa shape index (κ2) is 5.24. The summed E-state index contributed by atoms with van der Waals surface area (Å²) in [5.74, 6) is -1.90. The number of benzene rings is 1. The van der Waals surface area contributed by atoms with Crippen molar-refractivity contribution >= 4 is 22.5 Å². The fourth-order valence-corrected chi connectivity index (χ4v) is 2.54. The molecule has 0 spiro atoms. The Morgan fingerprint density at radius 1 is 1.27 bits per heavy atom. The van der Waals surface area contributed by atoms with E-state index in [-0.39, 0.29) is 17.6 Å². The number of alkyl halides is 3. The summed E-state index contributed by atoms with van der Waals surface area (Å²) in [5.41, 5.74) is -0.505. The van der Waals surface area contributed by atoms with Crippen molar-refractivity contribution in [2.75, 3.05) is 13.2 Å². The van der Waals surface area contributed by atoms with Crippen LogP contribution in [-0.2, 0) is 15.7 Å². The number of ketones is 2. The van der Waals surface area contributed by atoms with E-state index in [2.05, 4.69) is 4.98 Å². The summed E-state index contributed by atoms with van der Waals surface area (Å²) in [6.07, 6.45) is -2.77. The maximum atomic E-state index is 12.8. The van der Waals surface area contributed by atoms with Crippen LogP contribution in [0.2, 0.25) is 0 Å². The minimum atomic E-state index is -4.50. The Hall–Kier alpha value is -2.15. The number of halogens is 3. The van der Waals surface area contributed by atoms with Crippen molar-refractivity contribution < 1.29 is 27.5 Å². The number of nitrogens with one attached hydrogen (secondary N) is 1. The number of aromatic nitrogens is 1. The van der Waals surface area contributed by atoms with Gasteiger partial charge in [0.1, 0.15) is 0 Å². The van der Waals surface area contributed by atoms with Gasteiger partial charge in [-0.3, -0.25) is 9.59 Å². The highest BCUT2D eigenvalue weighted by atomic mass is 19.4. The van der Waals surface area contributed by atoms with Crippen LogP contribution in [0.3, 0.4) is 0 Å². The highest BCUT2D eigenvalue weighted by Crippen LogP contribution is 2.32. The first kappa shape index (κ1) is 14.8. The Bertz CT molecular complexity index is 742.